The summed E-state index contributed by atoms with van der Waals surface area (Å²) in [6.07, 6.45) is 1.54. The zero-order chi connectivity index (χ0) is 8.97. The first-order chi connectivity index (χ1) is 5.75. The Morgan fingerprint density at radius 2 is 2.33 bits per heavy atom. The molecule has 0 heterocycles. The third kappa shape index (κ3) is 1.98. The van der Waals surface area contributed by atoms with Gasteiger partial charge in [-0.2, -0.15) is 0 Å². The molecule has 64 valence electrons. The largest absolute Gasteiger partial charge is 0.387 e. The molecular formula is C9H9ClFN. The number of rotatable bonds is 3. The van der Waals surface area contributed by atoms with E-state index < -0.39 is 0 Å². The summed E-state index contributed by atoms with van der Waals surface area (Å²) in [5, 5.41) is 3.02. The van der Waals surface area contributed by atoms with Gasteiger partial charge in [-0.3, -0.25) is 0 Å². The first-order valence-electron chi connectivity index (χ1n) is 3.53. The molecule has 1 N–H and O–H groups in total. The monoisotopic (exact) mass is 185 g/mol. The second-order valence-corrected chi connectivity index (χ2v) is 2.68. The summed E-state index contributed by atoms with van der Waals surface area (Å²) in [4.78, 5) is 0. The van der Waals surface area contributed by atoms with Crippen molar-refractivity contribution < 1.29 is 4.39 Å². The van der Waals surface area contributed by atoms with Crippen molar-refractivity contribution in [3.05, 3.63) is 47.4 Å². The van der Waals surface area contributed by atoms with E-state index in [4.69, 9.17) is 11.6 Å². The molecule has 0 aliphatic carbocycles. The van der Waals surface area contributed by atoms with Gasteiger partial charge in [-0.25, -0.2) is 4.39 Å². The maximum Gasteiger partial charge on any atom is 0.142 e. The van der Waals surface area contributed by atoms with Crippen LogP contribution in [0.4, 0.5) is 4.39 Å². The Balaban J connectivity index is 2.84. The van der Waals surface area contributed by atoms with Crippen LogP contribution in [0, 0.1) is 5.82 Å². The molecule has 0 bridgehead atoms. The van der Waals surface area contributed by atoms with Crippen molar-refractivity contribution in [2.24, 2.45) is 0 Å². The van der Waals surface area contributed by atoms with Gasteiger partial charge in [-0.1, -0.05) is 30.3 Å². The Kier molecular flexibility index (Phi) is 3.11. The highest BCUT2D eigenvalue weighted by Crippen LogP contribution is 2.18. The average molecular weight is 186 g/mol. The van der Waals surface area contributed by atoms with Crippen molar-refractivity contribution >= 4 is 11.6 Å². The summed E-state index contributed by atoms with van der Waals surface area (Å²) >= 11 is 5.68. The Hall–Kier alpha value is -1.02. The van der Waals surface area contributed by atoms with Crippen LogP contribution in [-0.4, -0.2) is 0 Å². The highest BCUT2D eigenvalue weighted by molar-refractivity contribution is 6.31. The molecule has 1 rings (SSSR count). The lowest BCUT2D eigenvalue weighted by Crippen LogP contribution is -2.04. The van der Waals surface area contributed by atoms with Crippen molar-refractivity contribution in [2.45, 2.75) is 6.54 Å². The van der Waals surface area contributed by atoms with Gasteiger partial charge < -0.3 is 5.32 Å². The average Bonchev–Trinajstić information content (AvgIpc) is 2.08. The maximum atomic E-state index is 12.8. The van der Waals surface area contributed by atoms with E-state index in [2.05, 4.69) is 11.9 Å². The highest BCUT2D eigenvalue weighted by atomic mass is 35.5. The smallest absolute Gasteiger partial charge is 0.142 e. The third-order valence-electron chi connectivity index (χ3n) is 1.47. The fourth-order valence-electron chi connectivity index (χ4n) is 0.867. The molecule has 0 saturated heterocycles. The summed E-state index contributed by atoms with van der Waals surface area (Å²) in [6.45, 7) is 3.98. The van der Waals surface area contributed by atoms with E-state index in [0.29, 0.717) is 6.54 Å². The summed E-state index contributed by atoms with van der Waals surface area (Å²) in [5.41, 5.74) is 0.733. The number of halogens is 2. The van der Waals surface area contributed by atoms with E-state index in [0.717, 1.165) is 5.56 Å². The third-order valence-corrected chi connectivity index (χ3v) is 1.89. The molecular weight excluding hydrogens is 177 g/mol. The van der Waals surface area contributed by atoms with Crippen LogP contribution in [0.2, 0.25) is 5.02 Å². The SMILES string of the molecule is C=CNCc1cccc(F)c1Cl. The van der Waals surface area contributed by atoms with Crippen LogP contribution in [0.25, 0.3) is 0 Å². The lowest BCUT2D eigenvalue weighted by Gasteiger charge is -2.03. The minimum atomic E-state index is -0.389. The first-order valence-corrected chi connectivity index (χ1v) is 3.90. The van der Waals surface area contributed by atoms with Crippen LogP contribution in [-0.2, 0) is 6.54 Å². The standard InChI is InChI=1S/C9H9ClFN/c1-2-12-6-7-4-3-5-8(11)9(7)10/h2-5,12H,1,6H2. The fourth-order valence-corrected chi connectivity index (χ4v) is 1.06. The molecule has 3 heteroatoms. The fraction of sp³-hybridized carbons (Fsp3) is 0.111. The van der Waals surface area contributed by atoms with E-state index in [1.807, 2.05) is 0 Å². The van der Waals surface area contributed by atoms with Crippen molar-refractivity contribution in [3.8, 4) is 0 Å². The van der Waals surface area contributed by atoms with E-state index in [1.54, 1.807) is 18.3 Å². The molecule has 0 aromatic heterocycles. The van der Waals surface area contributed by atoms with Crippen molar-refractivity contribution in [1.82, 2.24) is 5.32 Å². The van der Waals surface area contributed by atoms with Crippen LogP contribution in [0.3, 0.4) is 0 Å². The second kappa shape index (κ2) is 4.12. The highest BCUT2D eigenvalue weighted by Gasteiger charge is 2.03. The van der Waals surface area contributed by atoms with Crippen molar-refractivity contribution in [3.63, 3.8) is 0 Å². The van der Waals surface area contributed by atoms with Gasteiger partial charge in [0.05, 0.1) is 5.02 Å². The summed E-state index contributed by atoms with van der Waals surface area (Å²) in [5.74, 6) is -0.389. The van der Waals surface area contributed by atoms with E-state index in [9.17, 15) is 4.39 Å². The number of hydrogen-bond donors (Lipinski definition) is 1. The van der Waals surface area contributed by atoms with Gasteiger partial charge >= 0.3 is 0 Å². The van der Waals surface area contributed by atoms with Crippen molar-refractivity contribution in [2.75, 3.05) is 0 Å². The lowest BCUT2D eigenvalue weighted by molar-refractivity contribution is 0.625. The molecule has 1 aromatic carbocycles. The van der Waals surface area contributed by atoms with E-state index in [1.165, 1.54) is 6.07 Å². The molecule has 0 radical (unpaired) electrons. The molecule has 0 spiro atoms. The molecule has 0 fully saturated rings. The molecule has 0 amide bonds. The van der Waals surface area contributed by atoms with Crippen LogP contribution in [0.5, 0.6) is 0 Å². The van der Waals surface area contributed by atoms with Gasteiger partial charge in [-0.15, -0.1) is 0 Å². The number of benzene rings is 1. The molecule has 0 aliphatic heterocycles. The predicted octanol–water partition coefficient (Wildman–Crippen LogP) is 2.71. The number of hydrogen-bond acceptors (Lipinski definition) is 1. The topological polar surface area (TPSA) is 12.0 Å². The van der Waals surface area contributed by atoms with Gasteiger partial charge in [0.15, 0.2) is 0 Å². The van der Waals surface area contributed by atoms with Crippen LogP contribution >= 0.6 is 11.6 Å². The van der Waals surface area contributed by atoms with E-state index >= 15 is 0 Å². The second-order valence-electron chi connectivity index (χ2n) is 2.30. The molecule has 0 saturated carbocycles. The lowest BCUT2D eigenvalue weighted by atomic mass is 10.2. The first kappa shape index (κ1) is 9.07. The van der Waals surface area contributed by atoms with Gasteiger partial charge in [0.2, 0.25) is 0 Å². The molecule has 1 nitrogen and oxygen atoms in total. The quantitative estimate of drug-likeness (QED) is 0.764. The molecule has 0 unspecified atom stereocenters. The Bertz CT molecular complexity index is 286. The molecule has 0 atom stereocenters. The normalized spacial score (nSPS) is 9.50. The van der Waals surface area contributed by atoms with Crippen LogP contribution < -0.4 is 5.32 Å². The molecule has 0 aliphatic rings. The maximum absolute atomic E-state index is 12.8. The Labute approximate surface area is 75.9 Å². The molecule has 1 aromatic rings. The van der Waals surface area contributed by atoms with Gasteiger partial charge in [0, 0.05) is 6.54 Å². The number of nitrogens with one attached hydrogen (secondary N) is 1. The van der Waals surface area contributed by atoms with Gasteiger partial charge in [0.25, 0.3) is 0 Å². The summed E-state index contributed by atoms with van der Waals surface area (Å²) < 4.78 is 12.8. The summed E-state index contributed by atoms with van der Waals surface area (Å²) in [6, 6.07) is 4.73. The van der Waals surface area contributed by atoms with Crippen LogP contribution in [0.1, 0.15) is 5.56 Å². The zero-order valence-corrected chi connectivity index (χ0v) is 7.24. The Morgan fingerprint density at radius 1 is 1.58 bits per heavy atom. The van der Waals surface area contributed by atoms with Crippen LogP contribution in [0.15, 0.2) is 31.0 Å². The molecule has 12 heavy (non-hydrogen) atoms. The van der Waals surface area contributed by atoms with Gasteiger partial charge in [-0.05, 0) is 17.8 Å². The Morgan fingerprint density at radius 3 is 3.00 bits per heavy atom. The van der Waals surface area contributed by atoms with Crippen molar-refractivity contribution in [1.29, 1.82) is 0 Å². The minimum absolute atomic E-state index is 0.173. The van der Waals surface area contributed by atoms with Gasteiger partial charge in [0.1, 0.15) is 5.82 Å². The summed E-state index contributed by atoms with van der Waals surface area (Å²) in [7, 11) is 0. The van der Waals surface area contributed by atoms with E-state index in [-0.39, 0.29) is 10.8 Å². The minimum Gasteiger partial charge on any atom is -0.387 e. The predicted molar refractivity (Wildman–Crippen MR) is 48.4 cm³/mol. The zero-order valence-electron chi connectivity index (χ0n) is 6.48.